The molecule has 1 aliphatic rings. The van der Waals surface area contributed by atoms with E-state index in [0.29, 0.717) is 12.5 Å². The standard InChI is InChI=1S/C17H26N2O2/c1-3-5-13-6-9-15(10-7-13)18-16-11-8-14(4-2)17(12-16)19(20)21/h8,11-13,15,18H,3-7,9-10H2,1-2H3. The molecule has 0 unspecified atom stereocenters. The van der Waals surface area contributed by atoms with Crippen molar-refractivity contribution in [3.8, 4) is 0 Å². The molecule has 1 saturated carbocycles. The highest BCUT2D eigenvalue weighted by Gasteiger charge is 2.21. The molecule has 1 aromatic rings. The molecular formula is C17H26N2O2. The topological polar surface area (TPSA) is 55.2 Å². The summed E-state index contributed by atoms with van der Waals surface area (Å²) in [5.74, 6) is 0.879. The molecule has 1 aromatic carbocycles. The molecule has 0 atom stereocenters. The first-order valence-electron chi connectivity index (χ1n) is 8.17. The summed E-state index contributed by atoms with van der Waals surface area (Å²) < 4.78 is 0. The fraction of sp³-hybridized carbons (Fsp3) is 0.647. The number of nitrogens with one attached hydrogen (secondary N) is 1. The van der Waals surface area contributed by atoms with Crippen LogP contribution in [0.15, 0.2) is 18.2 Å². The van der Waals surface area contributed by atoms with Gasteiger partial charge in [0.25, 0.3) is 5.69 Å². The third-order valence-corrected chi connectivity index (χ3v) is 4.58. The van der Waals surface area contributed by atoms with Crippen molar-refractivity contribution in [2.75, 3.05) is 5.32 Å². The van der Waals surface area contributed by atoms with Gasteiger partial charge in [0.15, 0.2) is 0 Å². The lowest BCUT2D eigenvalue weighted by Gasteiger charge is -2.29. The van der Waals surface area contributed by atoms with Crippen molar-refractivity contribution in [2.24, 2.45) is 5.92 Å². The Morgan fingerprint density at radius 1 is 1.24 bits per heavy atom. The molecule has 0 bridgehead atoms. The summed E-state index contributed by atoms with van der Waals surface area (Å²) in [7, 11) is 0. The molecule has 0 spiro atoms. The lowest BCUT2D eigenvalue weighted by molar-refractivity contribution is -0.385. The van der Waals surface area contributed by atoms with Crippen LogP contribution in [0.2, 0.25) is 0 Å². The van der Waals surface area contributed by atoms with Gasteiger partial charge in [-0.25, -0.2) is 0 Å². The fourth-order valence-corrected chi connectivity index (χ4v) is 3.36. The number of hydrogen-bond donors (Lipinski definition) is 1. The molecule has 0 amide bonds. The fourth-order valence-electron chi connectivity index (χ4n) is 3.36. The van der Waals surface area contributed by atoms with E-state index in [1.54, 1.807) is 6.07 Å². The number of anilines is 1. The second-order valence-corrected chi connectivity index (χ2v) is 6.10. The number of benzene rings is 1. The molecule has 4 nitrogen and oxygen atoms in total. The zero-order valence-electron chi connectivity index (χ0n) is 13.1. The maximum absolute atomic E-state index is 11.1. The summed E-state index contributed by atoms with van der Waals surface area (Å²) in [5, 5.41) is 14.6. The quantitative estimate of drug-likeness (QED) is 0.597. The van der Waals surface area contributed by atoms with Crippen molar-refractivity contribution in [3.05, 3.63) is 33.9 Å². The molecule has 1 fully saturated rings. The summed E-state index contributed by atoms with van der Waals surface area (Å²) in [6, 6.07) is 6.01. The van der Waals surface area contributed by atoms with E-state index < -0.39 is 0 Å². The highest BCUT2D eigenvalue weighted by Crippen LogP contribution is 2.31. The van der Waals surface area contributed by atoms with Gasteiger partial charge in [-0.15, -0.1) is 0 Å². The molecule has 21 heavy (non-hydrogen) atoms. The Balaban J connectivity index is 1.97. The average molecular weight is 290 g/mol. The van der Waals surface area contributed by atoms with E-state index in [2.05, 4.69) is 12.2 Å². The molecule has 1 N–H and O–H groups in total. The normalized spacial score (nSPS) is 22.0. The Labute approximate surface area is 127 Å². The lowest BCUT2D eigenvalue weighted by atomic mass is 9.83. The smallest absolute Gasteiger partial charge is 0.274 e. The summed E-state index contributed by atoms with van der Waals surface area (Å²) in [6.45, 7) is 4.20. The monoisotopic (exact) mass is 290 g/mol. The highest BCUT2D eigenvalue weighted by atomic mass is 16.6. The van der Waals surface area contributed by atoms with Gasteiger partial charge in [-0.3, -0.25) is 10.1 Å². The second-order valence-electron chi connectivity index (χ2n) is 6.10. The van der Waals surface area contributed by atoms with Crippen LogP contribution in [0.5, 0.6) is 0 Å². The van der Waals surface area contributed by atoms with Crippen LogP contribution in [-0.2, 0) is 6.42 Å². The van der Waals surface area contributed by atoms with Crippen molar-refractivity contribution in [2.45, 2.75) is 64.8 Å². The van der Waals surface area contributed by atoms with Crippen LogP contribution in [0.4, 0.5) is 11.4 Å². The molecule has 4 heteroatoms. The van der Waals surface area contributed by atoms with Crippen molar-refractivity contribution in [1.29, 1.82) is 0 Å². The molecular weight excluding hydrogens is 264 g/mol. The van der Waals surface area contributed by atoms with Crippen LogP contribution in [-0.4, -0.2) is 11.0 Å². The van der Waals surface area contributed by atoms with Crippen molar-refractivity contribution >= 4 is 11.4 Å². The van der Waals surface area contributed by atoms with Gasteiger partial charge in [0.1, 0.15) is 0 Å². The average Bonchev–Trinajstić information content (AvgIpc) is 2.49. The molecule has 2 rings (SSSR count). The highest BCUT2D eigenvalue weighted by molar-refractivity contribution is 5.55. The molecule has 116 valence electrons. The van der Waals surface area contributed by atoms with Crippen LogP contribution in [0.25, 0.3) is 0 Å². The van der Waals surface area contributed by atoms with E-state index in [9.17, 15) is 10.1 Å². The molecule has 0 aliphatic heterocycles. The Bertz CT molecular complexity index is 480. The van der Waals surface area contributed by atoms with Gasteiger partial charge in [0, 0.05) is 23.4 Å². The van der Waals surface area contributed by atoms with Crippen LogP contribution in [0, 0.1) is 16.0 Å². The molecule has 0 saturated heterocycles. The van der Waals surface area contributed by atoms with E-state index >= 15 is 0 Å². The minimum absolute atomic E-state index is 0.238. The Morgan fingerprint density at radius 2 is 1.95 bits per heavy atom. The Morgan fingerprint density at radius 3 is 2.52 bits per heavy atom. The maximum Gasteiger partial charge on any atom is 0.274 e. The summed E-state index contributed by atoms with van der Waals surface area (Å²) in [4.78, 5) is 10.8. The SMILES string of the molecule is CCCC1CCC(Nc2ccc(CC)c([N+](=O)[O-])c2)CC1. The van der Waals surface area contributed by atoms with E-state index in [-0.39, 0.29) is 10.6 Å². The second kappa shape index (κ2) is 7.43. The van der Waals surface area contributed by atoms with Crippen molar-refractivity contribution in [1.82, 2.24) is 0 Å². The predicted molar refractivity (Wildman–Crippen MR) is 86.8 cm³/mol. The Kier molecular flexibility index (Phi) is 5.59. The molecule has 0 heterocycles. The van der Waals surface area contributed by atoms with Gasteiger partial charge in [-0.2, -0.15) is 0 Å². The number of hydrogen-bond acceptors (Lipinski definition) is 3. The van der Waals surface area contributed by atoms with Gasteiger partial charge in [-0.05, 0) is 44.1 Å². The van der Waals surface area contributed by atoms with Crippen molar-refractivity contribution < 1.29 is 4.92 Å². The van der Waals surface area contributed by atoms with Gasteiger partial charge in [0.2, 0.25) is 0 Å². The zero-order valence-corrected chi connectivity index (χ0v) is 13.1. The van der Waals surface area contributed by atoms with Gasteiger partial charge in [0.05, 0.1) is 4.92 Å². The number of nitrogens with zero attached hydrogens (tertiary/aromatic N) is 1. The largest absolute Gasteiger partial charge is 0.382 e. The first-order chi connectivity index (χ1) is 10.1. The molecule has 0 radical (unpaired) electrons. The van der Waals surface area contributed by atoms with E-state index in [4.69, 9.17) is 0 Å². The number of nitro groups is 1. The predicted octanol–water partition coefficient (Wildman–Crippen LogP) is 4.93. The van der Waals surface area contributed by atoms with Crippen LogP contribution < -0.4 is 5.32 Å². The third kappa shape index (κ3) is 4.19. The van der Waals surface area contributed by atoms with Crippen molar-refractivity contribution in [3.63, 3.8) is 0 Å². The van der Waals surface area contributed by atoms with E-state index in [1.807, 2.05) is 19.1 Å². The summed E-state index contributed by atoms with van der Waals surface area (Å²) in [5.41, 5.74) is 1.93. The van der Waals surface area contributed by atoms with Gasteiger partial charge < -0.3 is 5.32 Å². The first-order valence-corrected chi connectivity index (χ1v) is 8.17. The zero-order chi connectivity index (χ0) is 15.2. The molecule has 0 aromatic heterocycles. The number of nitro benzene ring substituents is 1. The van der Waals surface area contributed by atoms with E-state index in [1.165, 1.54) is 38.5 Å². The summed E-state index contributed by atoms with van der Waals surface area (Å²) >= 11 is 0. The van der Waals surface area contributed by atoms with Crippen LogP contribution in [0.1, 0.15) is 57.9 Å². The van der Waals surface area contributed by atoms with Gasteiger partial charge >= 0.3 is 0 Å². The summed E-state index contributed by atoms with van der Waals surface area (Å²) in [6.07, 6.45) is 8.21. The third-order valence-electron chi connectivity index (χ3n) is 4.58. The number of rotatable bonds is 6. The van der Waals surface area contributed by atoms with Crippen LogP contribution in [0.3, 0.4) is 0 Å². The number of aryl methyl sites for hydroxylation is 1. The lowest BCUT2D eigenvalue weighted by Crippen LogP contribution is -2.26. The van der Waals surface area contributed by atoms with E-state index in [0.717, 1.165) is 17.2 Å². The van der Waals surface area contributed by atoms with Gasteiger partial charge in [-0.1, -0.05) is 32.8 Å². The maximum atomic E-state index is 11.1. The first kappa shape index (κ1) is 15.8. The molecule has 1 aliphatic carbocycles. The minimum Gasteiger partial charge on any atom is -0.382 e. The Hall–Kier alpha value is -1.58. The van der Waals surface area contributed by atoms with Crippen LogP contribution >= 0.6 is 0 Å². The minimum atomic E-state index is -0.276.